The highest BCUT2D eigenvalue weighted by Crippen LogP contribution is 2.35. The molecule has 2 aromatic rings. The predicted octanol–water partition coefficient (Wildman–Crippen LogP) is 5.79. The molecule has 0 aliphatic carbocycles. The number of hydrogen-bond donors (Lipinski definition) is 1. The lowest BCUT2D eigenvalue weighted by Gasteiger charge is -2.31. The van der Waals surface area contributed by atoms with Crippen molar-refractivity contribution in [1.29, 1.82) is 0 Å². The van der Waals surface area contributed by atoms with Crippen LogP contribution in [0.15, 0.2) is 36.4 Å². The molecule has 1 amide bonds. The van der Waals surface area contributed by atoms with Gasteiger partial charge in [-0.25, -0.2) is 0 Å². The topological polar surface area (TPSA) is 60.0 Å². The third-order valence-electron chi connectivity index (χ3n) is 7.79. The first-order chi connectivity index (χ1) is 18.1. The third kappa shape index (κ3) is 7.20. The van der Waals surface area contributed by atoms with Crippen molar-refractivity contribution in [1.82, 2.24) is 10.2 Å². The summed E-state index contributed by atoms with van der Waals surface area (Å²) in [5.74, 6) is 0.272. The van der Waals surface area contributed by atoms with E-state index < -0.39 is 18.0 Å². The van der Waals surface area contributed by atoms with Crippen LogP contribution >= 0.6 is 0 Å². The van der Waals surface area contributed by atoms with Crippen LogP contribution in [0.4, 0.5) is 13.2 Å². The standard InChI is InChI=1S/C29H37F3N2O4/c1-19-20(2)26(37-14-13-36-3)12-11-22(19)18-34-17-21-7-6-8-24(34)16-23(15-21)33-28(35)25-9-4-5-10-27(25)38-29(30,31)32/h4-5,9-12,21,23-24H,6-8,13-18H2,1-3H3,(H,33,35). The van der Waals surface area contributed by atoms with Gasteiger partial charge in [-0.1, -0.05) is 24.6 Å². The van der Waals surface area contributed by atoms with Gasteiger partial charge in [-0.05, 0) is 80.3 Å². The van der Waals surface area contributed by atoms with Gasteiger partial charge in [-0.3, -0.25) is 9.69 Å². The number of rotatable bonds is 9. The Morgan fingerprint density at radius 3 is 2.58 bits per heavy atom. The molecular formula is C29H37F3N2O4. The van der Waals surface area contributed by atoms with Crippen LogP contribution in [-0.4, -0.2) is 56.1 Å². The number of alkyl halides is 3. The smallest absolute Gasteiger partial charge is 0.491 e. The van der Waals surface area contributed by atoms with Crippen molar-refractivity contribution in [2.24, 2.45) is 5.92 Å². The molecular weight excluding hydrogens is 497 g/mol. The molecule has 3 atom stereocenters. The van der Waals surface area contributed by atoms with E-state index in [0.717, 1.165) is 56.5 Å². The quantitative estimate of drug-likeness (QED) is 0.413. The molecule has 208 valence electrons. The number of amides is 1. The minimum atomic E-state index is -4.86. The number of halogens is 3. The maximum absolute atomic E-state index is 13.0. The summed E-state index contributed by atoms with van der Waals surface area (Å²) in [5, 5.41) is 3.03. The SMILES string of the molecule is COCCOc1ccc(CN2CC3CCCC2CC(NC(=O)c2ccccc2OC(F)(F)F)C3)c(C)c1C. The van der Waals surface area contributed by atoms with E-state index in [9.17, 15) is 18.0 Å². The molecule has 2 saturated heterocycles. The molecule has 2 aromatic carbocycles. The van der Waals surface area contributed by atoms with Crippen LogP contribution in [0.1, 0.15) is 59.2 Å². The van der Waals surface area contributed by atoms with Gasteiger partial charge < -0.3 is 19.5 Å². The number of nitrogens with zero attached hydrogens (tertiary/aromatic N) is 1. The van der Waals surface area contributed by atoms with Crippen LogP contribution in [0, 0.1) is 19.8 Å². The molecule has 2 bridgehead atoms. The molecule has 0 saturated carbocycles. The molecule has 0 radical (unpaired) electrons. The zero-order chi connectivity index (χ0) is 27.3. The number of methoxy groups -OCH3 is 1. The van der Waals surface area contributed by atoms with E-state index in [1.807, 2.05) is 6.07 Å². The zero-order valence-corrected chi connectivity index (χ0v) is 22.3. The highest BCUT2D eigenvalue weighted by molar-refractivity contribution is 5.97. The molecule has 9 heteroatoms. The predicted molar refractivity (Wildman–Crippen MR) is 138 cm³/mol. The number of para-hydroxylation sites is 1. The van der Waals surface area contributed by atoms with Crippen LogP contribution in [-0.2, 0) is 11.3 Å². The molecule has 2 aliphatic rings. The summed E-state index contributed by atoms with van der Waals surface area (Å²) in [6.07, 6.45) is -0.0313. The monoisotopic (exact) mass is 534 g/mol. The van der Waals surface area contributed by atoms with Crippen LogP contribution in [0.25, 0.3) is 0 Å². The maximum Gasteiger partial charge on any atom is 0.573 e. The molecule has 38 heavy (non-hydrogen) atoms. The highest BCUT2D eigenvalue weighted by Gasteiger charge is 2.36. The Morgan fingerprint density at radius 2 is 1.82 bits per heavy atom. The van der Waals surface area contributed by atoms with E-state index in [1.165, 1.54) is 29.3 Å². The summed E-state index contributed by atoms with van der Waals surface area (Å²) in [4.78, 5) is 15.6. The van der Waals surface area contributed by atoms with Crippen molar-refractivity contribution < 1.29 is 32.2 Å². The lowest BCUT2D eigenvalue weighted by atomic mass is 9.89. The van der Waals surface area contributed by atoms with Gasteiger partial charge in [0.1, 0.15) is 18.1 Å². The number of nitrogens with one attached hydrogen (secondary N) is 1. The van der Waals surface area contributed by atoms with Crippen molar-refractivity contribution in [2.45, 2.75) is 70.9 Å². The van der Waals surface area contributed by atoms with Crippen molar-refractivity contribution in [3.05, 3.63) is 58.7 Å². The molecule has 0 aromatic heterocycles. The van der Waals surface area contributed by atoms with Gasteiger partial charge in [0.25, 0.3) is 5.91 Å². The summed E-state index contributed by atoms with van der Waals surface area (Å²) in [6, 6.07) is 9.84. The molecule has 6 nitrogen and oxygen atoms in total. The van der Waals surface area contributed by atoms with E-state index in [2.05, 4.69) is 34.9 Å². The lowest BCUT2D eigenvalue weighted by molar-refractivity contribution is -0.274. The highest BCUT2D eigenvalue weighted by atomic mass is 19.4. The number of ether oxygens (including phenoxy) is 3. The van der Waals surface area contributed by atoms with E-state index in [1.54, 1.807) is 13.2 Å². The fraction of sp³-hybridized carbons (Fsp3) is 0.552. The second kappa shape index (κ2) is 12.4. The molecule has 2 fully saturated rings. The zero-order valence-electron chi connectivity index (χ0n) is 22.3. The van der Waals surface area contributed by atoms with Crippen LogP contribution in [0.2, 0.25) is 0 Å². The molecule has 3 unspecified atom stereocenters. The van der Waals surface area contributed by atoms with Gasteiger partial charge in [0, 0.05) is 32.3 Å². The number of carbonyl (C=O) groups is 1. The van der Waals surface area contributed by atoms with E-state index in [0.29, 0.717) is 19.1 Å². The first-order valence-corrected chi connectivity index (χ1v) is 13.2. The molecule has 2 heterocycles. The summed E-state index contributed by atoms with van der Waals surface area (Å²) in [7, 11) is 1.65. The summed E-state index contributed by atoms with van der Waals surface area (Å²) < 4.78 is 53.6. The number of hydrogen-bond acceptors (Lipinski definition) is 5. The Morgan fingerprint density at radius 1 is 1.03 bits per heavy atom. The van der Waals surface area contributed by atoms with Gasteiger partial charge in [-0.2, -0.15) is 0 Å². The number of benzene rings is 2. The van der Waals surface area contributed by atoms with Gasteiger partial charge in [0.2, 0.25) is 0 Å². The van der Waals surface area contributed by atoms with Gasteiger partial charge in [0.15, 0.2) is 0 Å². The van der Waals surface area contributed by atoms with Crippen LogP contribution < -0.4 is 14.8 Å². The van der Waals surface area contributed by atoms with E-state index >= 15 is 0 Å². The maximum atomic E-state index is 13.0. The van der Waals surface area contributed by atoms with Crippen molar-refractivity contribution in [3.8, 4) is 11.5 Å². The summed E-state index contributed by atoms with van der Waals surface area (Å²) >= 11 is 0. The minimum absolute atomic E-state index is 0.102. The fourth-order valence-electron chi connectivity index (χ4n) is 5.76. The first kappa shape index (κ1) is 28.2. The molecule has 0 spiro atoms. The Labute approximate surface area is 222 Å². The van der Waals surface area contributed by atoms with E-state index in [-0.39, 0.29) is 17.6 Å². The van der Waals surface area contributed by atoms with Gasteiger partial charge in [0.05, 0.1) is 12.2 Å². The van der Waals surface area contributed by atoms with Crippen LogP contribution in [0.3, 0.4) is 0 Å². The average molecular weight is 535 g/mol. The Bertz CT molecular complexity index is 1110. The first-order valence-electron chi connectivity index (χ1n) is 13.2. The molecule has 1 N–H and O–H groups in total. The van der Waals surface area contributed by atoms with Crippen molar-refractivity contribution >= 4 is 5.91 Å². The number of carbonyl (C=O) groups excluding carboxylic acids is 1. The fourth-order valence-corrected chi connectivity index (χ4v) is 5.76. The second-order valence-corrected chi connectivity index (χ2v) is 10.4. The van der Waals surface area contributed by atoms with Gasteiger partial charge in [-0.15, -0.1) is 13.2 Å². The largest absolute Gasteiger partial charge is 0.573 e. The molecule has 4 rings (SSSR count). The van der Waals surface area contributed by atoms with Crippen molar-refractivity contribution in [3.63, 3.8) is 0 Å². The normalized spacial score (nSPS) is 22.0. The lowest BCUT2D eigenvalue weighted by Crippen LogP contribution is -2.40. The Hall–Kier alpha value is -2.78. The molecule has 2 aliphatic heterocycles. The summed E-state index contributed by atoms with van der Waals surface area (Å²) in [6.45, 7) is 7.00. The second-order valence-electron chi connectivity index (χ2n) is 10.4. The summed E-state index contributed by atoms with van der Waals surface area (Å²) in [5.41, 5.74) is 3.49. The van der Waals surface area contributed by atoms with Gasteiger partial charge >= 0.3 is 6.36 Å². The Kier molecular flexibility index (Phi) is 9.20. The van der Waals surface area contributed by atoms with E-state index in [4.69, 9.17) is 9.47 Å². The third-order valence-corrected chi connectivity index (χ3v) is 7.79. The number of fused-ring (bicyclic) bond motifs is 3. The average Bonchev–Trinajstić information content (AvgIpc) is 3.13. The Balaban J connectivity index is 1.45. The minimum Gasteiger partial charge on any atom is -0.491 e. The van der Waals surface area contributed by atoms with Crippen molar-refractivity contribution in [2.75, 3.05) is 26.9 Å². The van der Waals surface area contributed by atoms with Crippen LogP contribution in [0.5, 0.6) is 11.5 Å².